The number of hydrogen-bond donors (Lipinski definition) is 7. The zero-order valence-electron chi connectivity index (χ0n) is 17.9. The molecule has 0 aromatic heterocycles. The van der Waals surface area contributed by atoms with Gasteiger partial charge in [0.05, 0.1) is 18.8 Å². The summed E-state index contributed by atoms with van der Waals surface area (Å²) in [5.74, 6) is -0.0767. The zero-order valence-corrected chi connectivity index (χ0v) is 17.9. The van der Waals surface area contributed by atoms with E-state index in [1.54, 1.807) is 7.05 Å². The second-order valence-electron chi connectivity index (χ2n) is 6.83. The van der Waals surface area contributed by atoms with E-state index in [2.05, 4.69) is 15.5 Å². The van der Waals surface area contributed by atoms with Crippen molar-refractivity contribution in [1.82, 2.24) is 15.5 Å². The number of unbranched alkanes of at least 4 members (excludes halogenated alkanes) is 3. The molecule has 29 heavy (non-hydrogen) atoms. The molecule has 0 rings (SSSR count). The highest BCUT2D eigenvalue weighted by Crippen LogP contribution is 2.02. The quantitative estimate of drug-likeness (QED) is 0.0955. The first-order chi connectivity index (χ1) is 13.9. The molecule has 0 aliphatic carbocycles. The lowest BCUT2D eigenvalue weighted by Crippen LogP contribution is -2.36. The maximum absolute atomic E-state index is 11.5. The Labute approximate surface area is 175 Å². The topological polar surface area (TPSA) is 174 Å². The van der Waals surface area contributed by atoms with Crippen LogP contribution < -0.4 is 22.1 Å². The number of amides is 1. The van der Waals surface area contributed by atoms with E-state index in [1.165, 1.54) is 0 Å². The molecule has 0 heterocycles. The number of aldehydes is 1. The van der Waals surface area contributed by atoms with E-state index in [0.29, 0.717) is 32.5 Å². The zero-order chi connectivity index (χ0) is 22.3. The number of nitrogens with zero attached hydrogens (tertiary/aromatic N) is 1. The van der Waals surface area contributed by atoms with Crippen molar-refractivity contribution < 1.29 is 24.9 Å². The molecule has 0 saturated carbocycles. The smallest absolute Gasteiger partial charge is 0.220 e. The van der Waals surface area contributed by atoms with Crippen LogP contribution in [-0.4, -0.2) is 104 Å². The van der Waals surface area contributed by atoms with Gasteiger partial charge >= 0.3 is 0 Å². The summed E-state index contributed by atoms with van der Waals surface area (Å²) in [6.07, 6.45) is 4.32. The van der Waals surface area contributed by atoms with E-state index in [4.69, 9.17) is 21.7 Å². The predicted octanol–water partition coefficient (Wildman–Crippen LogP) is -2.22. The number of carbonyl (C=O) groups excluding carboxylic acids is 2. The molecule has 0 saturated heterocycles. The number of nitrogens with two attached hydrogens (primary N) is 2. The van der Waals surface area contributed by atoms with E-state index in [9.17, 15) is 14.7 Å². The normalized spacial score (nSPS) is 12.8. The fraction of sp³-hybridized carbons (Fsp3) is 0.895. The number of likely N-dealkylation sites (N-methyl/N-ethyl adjacent to an activating group) is 1. The second kappa shape index (κ2) is 23.1. The van der Waals surface area contributed by atoms with Crippen LogP contribution in [0.15, 0.2) is 0 Å². The Morgan fingerprint density at radius 3 is 2.07 bits per heavy atom. The highest BCUT2D eigenvalue weighted by molar-refractivity contribution is 5.75. The largest absolute Gasteiger partial charge is 0.395 e. The Morgan fingerprint density at radius 2 is 1.59 bits per heavy atom. The molecule has 0 radical (unpaired) electrons. The van der Waals surface area contributed by atoms with Crippen molar-refractivity contribution in [2.45, 2.75) is 50.7 Å². The van der Waals surface area contributed by atoms with Gasteiger partial charge in [-0.3, -0.25) is 4.79 Å². The van der Waals surface area contributed by atoms with Gasteiger partial charge in [-0.2, -0.15) is 0 Å². The van der Waals surface area contributed by atoms with E-state index >= 15 is 0 Å². The van der Waals surface area contributed by atoms with Gasteiger partial charge in [0.25, 0.3) is 0 Å². The van der Waals surface area contributed by atoms with E-state index in [0.717, 1.165) is 45.1 Å². The molecule has 0 fully saturated rings. The Kier molecular flexibility index (Phi) is 24.0. The summed E-state index contributed by atoms with van der Waals surface area (Å²) in [6, 6.07) is 0. The van der Waals surface area contributed by atoms with Crippen LogP contribution in [0.5, 0.6) is 0 Å². The number of hydrogen-bond acceptors (Lipinski definition) is 9. The molecule has 0 spiro atoms. The summed E-state index contributed by atoms with van der Waals surface area (Å²) in [4.78, 5) is 23.9. The van der Waals surface area contributed by atoms with E-state index < -0.39 is 6.10 Å². The van der Waals surface area contributed by atoms with Crippen molar-refractivity contribution in [2.24, 2.45) is 11.5 Å². The van der Waals surface area contributed by atoms with Crippen LogP contribution in [0.1, 0.15) is 38.5 Å². The molecule has 0 aliphatic rings. The van der Waals surface area contributed by atoms with Crippen LogP contribution in [0.25, 0.3) is 0 Å². The molecular formula is C19H43N5O5. The first kappa shape index (κ1) is 30.1. The third-order valence-corrected chi connectivity index (χ3v) is 4.11. The molecule has 10 nitrogen and oxygen atoms in total. The van der Waals surface area contributed by atoms with E-state index in [1.807, 2.05) is 0 Å². The van der Waals surface area contributed by atoms with Crippen LogP contribution in [0.3, 0.4) is 0 Å². The molecule has 0 bridgehead atoms. The molecule has 0 aliphatic heterocycles. The van der Waals surface area contributed by atoms with Crippen molar-refractivity contribution >= 4 is 12.2 Å². The summed E-state index contributed by atoms with van der Waals surface area (Å²) in [5, 5.41) is 32.4. The maximum Gasteiger partial charge on any atom is 0.220 e. The van der Waals surface area contributed by atoms with Crippen molar-refractivity contribution in [3.05, 3.63) is 0 Å². The van der Waals surface area contributed by atoms with Gasteiger partial charge in [0.1, 0.15) is 6.29 Å². The number of aliphatic hydroxyl groups is 3. The fourth-order valence-corrected chi connectivity index (χ4v) is 2.38. The summed E-state index contributed by atoms with van der Waals surface area (Å²) >= 11 is 0. The van der Waals surface area contributed by atoms with Crippen LogP contribution in [0.4, 0.5) is 0 Å². The van der Waals surface area contributed by atoms with Gasteiger partial charge in [-0.1, -0.05) is 0 Å². The standard InChI is InChI=1S/C15H31N3O4.C4H12N2O/c16-12-14(21)13-17-15(22)6-2-4-8-18(9-11-20)7-3-1-5-10-19;1-6-3-4(7)2-5/h10,14,20-21H,1-9,11-13,16H2,(H,17,22);4,6-7H,2-3,5H2,1H3. The SMILES string of the molecule is CNCC(O)CN.NCC(O)CNC(=O)CCCCN(CCO)CCCCC=O. The molecule has 10 heteroatoms. The van der Waals surface area contributed by atoms with Crippen molar-refractivity contribution in [3.63, 3.8) is 0 Å². The summed E-state index contributed by atoms with van der Waals surface area (Å²) in [7, 11) is 1.78. The van der Waals surface area contributed by atoms with Gasteiger partial charge in [0, 0.05) is 45.6 Å². The average Bonchev–Trinajstić information content (AvgIpc) is 2.72. The minimum absolute atomic E-state index is 0.0767. The highest BCUT2D eigenvalue weighted by atomic mass is 16.3. The summed E-state index contributed by atoms with van der Waals surface area (Å²) < 4.78 is 0. The Balaban J connectivity index is 0. The second-order valence-corrected chi connectivity index (χ2v) is 6.83. The predicted molar refractivity (Wildman–Crippen MR) is 114 cm³/mol. The van der Waals surface area contributed by atoms with Crippen molar-refractivity contribution in [1.29, 1.82) is 0 Å². The number of rotatable bonds is 18. The van der Waals surface area contributed by atoms with Gasteiger partial charge in [-0.05, 0) is 45.8 Å². The lowest BCUT2D eigenvalue weighted by atomic mass is 10.2. The Morgan fingerprint density at radius 1 is 1.00 bits per heavy atom. The van der Waals surface area contributed by atoms with Gasteiger partial charge in [0.15, 0.2) is 0 Å². The molecule has 9 N–H and O–H groups in total. The maximum atomic E-state index is 11.5. The van der Waals surface area contributed by atoms with Gasteiger partial charge in [0.2, 0.25) is 5.91 Å². The summed E-state index contributed by atoms with van der Waals surface area (Å²) in [5.41, 5.74) is 10.3. The van der Waals surface area contributed by atoms with Crippen LogP contribution in [0.2, 0.25) is 0 Å². The molecular weight excluding hydrogens is 378 g/mol. The monoisotopic (exact) mass is 421 g/mol. The first-order valence-electron chi connectivity index (χ1n) is 10.4. The van der Waals surface area contributed by atoms with Crippen molar-refractivity contribution in [3.8, 4) is 0 Å². The van der Waals surface area contributed by atoms with Crippen LogP contribution in [0, 0.1) is 0 Å². The lowest BCUT2D eigenvalue weighted by Gasteiger charge is -2.21. The molecule has 1 amide bonds. The molecule has 2 atom stereocenters. The molecule has 174 valence electrons. The lowest BCUT2D eigenvalue weighted by molar-refractivity contribution is -0.121. The van der Waals surface area contributed by atoms with Gasteiger partial charge in [-0.25, -0.2) is 0 Å². The van der Waals surface area contributed by atoms with E-state index in [-0.39, 0.29) is 31.7 Å². The molecule has 0 aromatic rings. The highest BCUT2D eigenvalue weighted by Gasteiger charge is 2.07. The Hall–Kier alpha value is -1.14. The Bertz CT molecular complexity index is 377. The first-order valence-corrected chi connectivity index (χ1v) is 10.4. The van der Waals surface area contributed by atoms with Crippen LogP contribution >= 0.6 is 0 Å². The minimum atomic E-state index is -0.685. The number of nitrogens with one attached hydrogen (secondary N) is 2. The number of aliphatic hydroxyl groups excluding tert-OH is 3. The van der Waals surface area contributed by atoms with Crippen LogP contribution in [-0.2, 0) is 9.59 Å². The van der Waals surface area contributed by atoms with Gasteiger partial charge in [-0.15, -0.1) is 0 Å². The third kappa shape index (κ3) is 23.0. The number of carbonyl (C=O) groups is 2. The van der Waals surface area contributed by atoms with Crippen molar-refractivity contribution in [2.75, 3.05) is 59.5 Å². The summed E-state index contributed by atoms with van der Waals surface area (Å²) in [6.45, 7) is 3.69. The van der Waals surface area contributed by atoms with Gasteiger partial charge < -0.3 is 47.1 Å². The fourth-order valence-electron chi connectivity index (χ4n) is 2.38. The minimum Gasteiger partial charge on any atom is -0.395 e. The molecule has 2 unspecified atom stereocenters. The average molecular weight is 422 g/mol. The molecule has 0 aromatic carbocycles. The third-order valence-electron chi connectivity index (χ3n) is 4.11.